The fraction of sp³-hybridized carbons (Fsp3) is 1.00. The highest BCUT2D eigenvalue weighted by molar-refractivity contribution is 6.40. The van der Waals surface area contributed by atoms with Gasteiger partial charge in [0.1, 0.15) is 0 Å². The number of hydrogen-bond donors (Lipinski definition) is 3. The zero-order valence-electron chi connectivity index (χ0n) is 7.45. The normalized spacial score (nSPS) is 31.0. The molecule has 0 radical (unpaired) electrons. The highest BCUT2D eigenvalue weighted by Gasteiger charge is 2.19. The van der Waals surface area contributed by atoms with Gasteiger partial charge in [-0.2, -0.15) is 0 Å². The van der Waals surface area contributed by atoms with Crippen LogP contribution in [0.25, 0.3) is 0 Å². The minimum Gasteiger partial charge on any atom is -0.413 e. The van der Waals surface area contributed by atoms with E-state index < -0.39 is 9.28 Å². The Morgan fingerprint density at radius 2 is 1.75 bits per heavy atom. The second kappa shape index (κ2) is 4.96. The van der Waals surface area contributed by atoms with Gasteiger partial charge in [-0.25, -0.2) is 0 Å². The predicted molar refractivity (Wildman–Crippen MR) is 50.9 cm³/mol. The second-order valence-electron chi connectivity index (χ2n) is 3.84. The molecule has 0 heterocycles. The van der Waals surface area contributed by atoms with Crippen LogP contribution in [-0.4, -0.2) is 24.9 Å². The number of nitrogens with two attached hydrogens (primary N) is 1. The van der Waals surface area contributed by atoms with Crippen molar-refractivity contribution in [2.24, 2.45) is 11.7 Å². The average molecular weight is 189 g/mol. The Kier molecular flexibility index (Phi) is 4.21. The van der Waals surface area contributed by atoms with Crippen molar-refractivity contribution in [2.45, 2.75) is 44.2 Å². The Labute approximate surface area is 75.4 Å². The van der Waals surface area contributed by atoms with Crippen LogP contribution in [0, 0.1) is 5.92 Å². The van der Waals surface area contributed by atoms with Crippen LogP contribution >= 0.6 is 0 Å². The number of rotatable bonds is 3. The molecule has 0 saturated heterocycles. The smallest absolute Gasteiger partial charge is 0.316 e. The minimum atomic E-state index is -2.29. The van der Waals surface area contributed by atoms with Gasteiger partial charge in [0, 0.05) is 6.04 Å². The van der Waals surface area contributed by atoms with Gasteiger partial charge in [-0.05, 0) is 44.1 Å². The molecule has 4 heteroatoms. The first-order chi connectivity index (χ1) is 5.68. The Hall–Kier alpha value is 0.0969. The maximum atomic E-state index is 8.80. The SMILES string of the molecule is NC1CCC(CC[SiH](O)O)CC1. The molecule has 0 aromatic heterocycles. The Morgan fingerprint density at radius 3 is 2.25 bits per heavy atom. The van der Waals surface area contributed by atoms with Crippen molar-refractivity contribution in [2.75, 3.05) is 0 Å². The van der Waals surface area contributed by atoms with Crippen molar-refractivity contribution < 1.29 is 9.59 Å². The van der Waals surface area contributed by atoms with Gasteiger partial charge in [-0.1, -0.05) is 0 Å². The largest absolute Gasteiger partial charge is 0.413 e. The quantitative estimate of drug-likeness (QED) is 0.552. The first-order valence-electron chi connectivity index (χ1n) is 4.80. The van der Waals surface area contributed by atoms with Crippen LogP contribution < -0.4 is 5.73 Å². The summed E-state index contributed by atoms with van der Waals surface area (Å²) in [5.74, 6) is 0.707. The molecule has 1 aliphatic rings. The average Bonchev–Trinajstić information content (AvgIpc) is 2.03. The van der Waals surface area contributed by atoms with Crippen molar-refractivity contribution in [1.29, 1.82) is 0 Å². The summed E-state index contributed by atoms with van der Waals surface area (Å²) in [5.41, 5.74) is 5.76. The van der Waals surface area contributed by atoms with Crippen molar-refractivity contribution in [3.8, 4) is 0 Å². The van der Waals surface area contributed by atoms with E-state index in [4.69, 9.17) is 15.3 Å². The lowest BCUT2D eigenvalue weighted by molar-refractivity contribution is 0.309. The van der Waals surface area contributed by atoms with Gasteiger partial charge in [-0.15, -0.1) is 0 Å². The van der Waals surface area contributed by atoms with Crippen LogP contribution in [0.5, 0.6) is 0 Å². The molecule has 4 N–H and O–H groups in total. The predicted octanol–water partition coefficient (Wildman–Crippen LogP) is 0.0991. The van der Waals surface area contributed by atoms with E-state index in [9.17, 15) is 0 Å². The number of hydrogen-bond acceptors (Lipinski definition) is 3. The topological polar surface area (TPSA) is 66.5 Å². The third-order valence-corrected chi connectivity index (χ3v) is 3.57. The maximum absolute atomic E-state index is 8.80. The molecule has 0 atom stereocenters. The van der Waals surface area contributed by atoms with Crippen molar-refractivity contribution >= 4 is 9.28 Å². The van der Waals surface area contributed by atoms with Crippen molar-refractivity contribution in [3.63, 3.8) is 0 Å². The summed E-state index contributed by atoms with van der Waals surface area (Å²) in [5, 5.41) is 0. The van der Waals surface area contributed by atoms with E-state index in [0.717, 1.165) is 19.3 Å². The molecule has 1 rings (SSSR count). The molecule has 72 valence electrons. The van der Waals surface area contributed by atoms with E-state index in [0.29, 0.717) is 18.0 Å². The molecule has 0 unspecified atom stereocenters. The van der Waals surface area contributed by atoms with E-state index in [1.54, 1.807) is 0 Å². The molecule has 0 bridgehead atoms. The summed E-state index contributed by atoms with van der Waals surface area (Å²) in [6, 6.07) is 1.05. The minimum absolute atomic E-state index is 0.401. The highest BCUT2D eigenvalue weighted by atomic mass is 28.3. The molecular formula is C8H19NO2Si. The van der Waals surface area contributed by atoms with Gasteiger partial charge in [0.15, 0.2) is 0 Å². The Morgan fingerprint density at radius 1 is 1.17 bits per heavy atom. The van der Waals surface area contributed by atoms with Crippen LogP contribution in [0.4, 0.5) is 0 Å². The van der Waals surface area contributed by atoms with E-state index in [2.05, 4.69) is 0 Å². The molecule has 0 amide bonds. The zero-order valence-corrected chi connectivity index (χ0v) is 8.60. The zero-order chi connectivity index (χ0) is 8.97. The molecule has 0 aliphatic heterocycles. The summed E-state index contributed by atoms with van der Waals surface area (Å²) < 4.78 is 0. The van der Waals surface area contributed by atoms with Crippen LogP contribution in [0.2, 0.25) is 6.04 Å². The van der Waals surface area contributed by atoms with Crippen molar-refractivity contribution in [1.82, 2.24) is 0 Å². The van der Waals surface area contributed by atoms with Gasteiger partial charge < -0.3 is 15.3 Å². The van der Waals surface area contributed by atoms with Gasteiger partial charge in [0.2, 0.25) is 0 Å². The van der Waals surface area contributed by atoms with E-state index >= 15 is 0 Å². The monoisotopic (exact) mass is 189 g/mol. The summed E-state index contributed by atoms with van der Waals surface area (Å²) in [4.78, 5) is 17.6. The Balaban J connectivity index is 2.09. The highest BCUT2D eigenvalue weighted by Crippen LogP contribution is 2.27. The maximum Gasteiger partial charge on any atom is 0.316 e. The van der Waals surface area contributed by atoms with Gasteiger partial charge in [0.25, 0.3) is 0 Å². The fourth-order valence-electron chi connectivity index (χ4n) is 1.86. The van der Waals surface area contributed by atoms with Crippen LogP contribution in [0.3, 0.4) is 0 Å². The molecule has 3 nitrogen and oxygen atoms in total. The lowest BCUT2D eigenvalue weighted by atomic mass is 9.85. The third kappa shape index (κ3) is 3.67. The Bertz CT molecular complexity index is 124. The summed E-state index contributed by atoms with van der Waals surface area (Å²) in [6.07, 6.45) is 5.60. The standard InChI is InChI=1S/C8H19NO2Si/c9-8-3-1-7(2-4-8)5-6-12(10)11/h7-8,10-12H,1-6,9H2. The summed E-state index contributed by atoms with van der Waals surface area (Å²) >= 11 is 0. The summed E-state index contributed by atoms with van der Waals surface area (Å²) in [6.45, 7) is 0. The lowest BCUT2D eigenvalue weighted by Crippen LogP contribution is -2.27. The van der Waals surface area contributed by atoms with Crippen LogP contribution in [0.1, 0.15) is 32.1 Å². The molecule has 12 heavy (non-hydrogen) atoms. The van der Waals surface area contributed by atoms with Crippen molar-refractivity contribution in [3.05, 3.63) is 0 Å². The van der Waals surface area contributed by atoms with E-state index in [1.165, 1.54) is 12.8 Å². The molecule has 1 aliphatic carbocycles. The van der Waals surface area contributed by atoms with Gasteiger partial charge >= 0.3 is 9.28 Å². The van der Waals surface area contributed by atoms with Crippen LogP contribution in [-0.2, 0) is 0 Å². The van der Waals surface area contributed by atoms with Gasteiger partial charge in [-0.3, -0.25) is 0 Å². The summed E-state index contributed by atoms with van der Waals surface area (Å²) in [7, 11) is -2.29. The second-order valence-corrected chi connectivity index (χ2v) is 5.38. The fourth-order valence-corrected chi connectivity index (χ4v) is 2.63. The van der Waals surface area contributed by atoms with E-state index in [1.807, 2.05) is 0 Å². The molecule has 0 aromatic rings. The third-order valence-electron chi connectivity index (χ3n) is 2.72. The van der Waals surface area contributed by atoms with E-state index in [-0.39, 0.29) is 0 Å². The molecular weight excluding hydrogens is 170 g/mol. The first kappa shape index (κ1) is 10.2. The van der Waals surface area contributed by atoms with Crippen LogP contribution in [0.15, 0.2) is 0 Å². The molecule has 1 fully saturated rings. The van der Waals surface area contributed by atoms with Gasteiger partial charge in [0.05, 0.1) is 0 Å². The molecule has 0 spiro atoms. The molecule has 0 aromatic carbocycles. The molecule has 1 saturated carbocycles. The lowest BCUT2D eigenvalue weighted by Gasteiger charge is -2.25. The first-order valence-corrected chi connectivity index (χ1v) is 6.65.